The maximum absolute atomic E-state index is 14.1. The van der Waals surface area contributed by atoms with Gasteiger partial charge in [0.25, 0.3) is 0 Å². The number of rotatable bonds is 6. The molecule has 3 rings (SSSR count). The summed E-state index contributed by atoms with van der Waals surface area (Å²) in [7, 11) is -4.03. The van der Waals surface area contributed by atoms with Crippen molar-refractivity contribution < 1.29 is 31.1 Å². The third kappa shape index (κ3) is 4.91. The van der Waals surface area contributed by atoms with Crippen molar-refractivity contribution in [2.75, 3.05) is 6.61 Å². The van der Waals surface area contributed by atoms with E-state index in [0.717, 1.165) is 12.1 Å². The lowest BCUT2D eigenvalue weighted by atomic mass is 9.99. The van der Waals surface area contributed by atoms with E-state index in [4.69, 9.17) is 9.88 Å². The molecule has 2 heterocycles. The highest BCUT2D eigenvalue weighted by atomic mass is 32.2. The van der Waals surface area contributed by atoms with Crippen LogP contribution in [0.4, 0.5) is 13.2 Å². The molecule has 8 nitrogen and oxygen atoms in total. The number of halogens is 3. The average molecular weight is 454 g/mol. The van der Waals surface area contributed by atoms with Crippen molar-refractivity contribution in [2.45, 2.75) is 24.5 Å². The van der Waals surface area contributed by atoms with Crippen LogP contribution in [-0.2, 0) is 32.3 Å². The van der Waals surface area contributed by atoms with Gasteiger partial charge in [-0.2, -0.15) is 18.3 Å². The Bertz CT molecular complexity index is 1190. The van der Waals surface area contributed by atoms with Crippen LogP contribution in [0.3, 0.4) is 0 Å². The van der Waals surface area contributed by atoms with Crippen LogP contribution in [0, 0.1) is 0 Å². The van der Waals surface area contributed by atoms with Crippen molar-refractivity contribution in [3.8, 4) is 22.4 Å². The molecule has 164 valence electrons. The van der Waals surface area contributed by atoms with Crippen LogP contribution in [0.25, 0.3) is 22.4 Å². The molecule has 0 aliphatic carbocycles. The van der Waals surface area contributed by atoms with Crippen molar-refractivity contribution in [2.24, 2.45) is 5.14 Å². The Morgan fingerprint density at radius 1 is 1.10 bits per heavy atom. The summed E-state index contributed by atoms with van der Waals surface area (Å²) in [5.41, 5.74) is -1.17. The first-order valence-corrected chi connectivity index (χ1v) is 10.4. The van der Waals surface area contributed by atoms with E-state index in [9.17, 15) is 26.4 Å². The predicted octanol–water partition coefficient (Wildman–Crippen LogP) is 2.84. The molecule has 0 saturated heterocycles. The molecular weight excluding hydrogens is 437 g/mol. The number of benzene rings is 1. The summed E-state index contributed by atoms with van der Waals surface area (Å²) in [4.78, 5) is 15.5. The summed E-state index contributed by atoms with van der Waals surface area (Å²) in [6.45, 7) is 0.781. The highest BCUT2D eigenvalue weighted by Crippen LogP contribution is 2.42. The molecule has 0 amide bonds. The summed E-state index contributed by atoms with van der Waals surface area (Å²) >= 11 is 0. The first kappa shape index (κ1) is 22.4. The normalized spacial score (nSPS) is 12.0. The van der Waals surface area contributed by atoms with Gasteiger partial charge in [0.15, 0.2) is 5.69 Å². The Kier molecular flexibility index (Phi) is 6.13. The summed E-state index contributed by atoms with van der Waals surface area (Å²) < 4.78 is 70.6. The van der Waals surface area contributed by atoms with E-state index in [-0.39, 0.29) is 28.3 Å². The molecule has 0 aliphatic heterocycles. The minimum Gasteiger partial charge on any atom is -0.465 e. The molecule has 1 aromatic carbocycles. The van der Waals surface area contributed by atoms with Crippen molar-refractivity contribution in [1.82, 2.24) is 14.8 Å². The van der Waals surface area contributed by atoms with Gasteiger partial charge in [0.1, 0.15) is 12.2 Å². The topological polar surface area (TPSA) is 117 Å². The summed E-state index contributed by atoms with van der Waals surface area (Å²) in [5, 5.41) is 9.11. The van der Waals surface area contributed by atoms with Crippen LogP contribution in [0.15, 0.2) is 53.7 Å². The van der Waals surface area contributed by atoms with Crippen molar-refractivity contribution in [3.05, 3.63) is 54.5 Å². The molecule has 3 aromatic rings. The summed E-state index contributed by atoms with van der Waals surface area (Å²) in [6, 6.07) is 7.54. The van der Waals surface area contributed by atoms with Gasteiger partial charge in [-0.15, -0.1) is 0 Å². The zero-order chi connectivity index (χ0) is 22.8. The van der Waals surface area contributed by atoms with E-state index in [1.165, 1.54) is 43.6 Å². The number of nitrogens with two attached hydrogens (primary N) is 1. The summed E-state index contributed by atoms with van der Waals surface area (Å²) in [5.74, 6) is -0.882. The van der Waals surface area contributed by atoms with Crippen LogP contribution >= 0.6 is 0 Å². The highest BCUT2D eigenvalue weighted by molar-refractivity contribution is 7.89. The van der Waals surface area contributed by atoms with Gasteiger partial charge in [-0.05, 0) is 36.8 Å². The number of carbonyl (C=O) groups excluding carboxylic acids is 1. The smallest absolute Gasteiger partial charge is 0.433 e. The van der Waals surface area contributed by atoms with E-state index in [1.54, 1.807) is 0 Å². The van der Waals surface area contributed by atoms with Crippen LogP contribution in [0.5, 0.6) is 0 Å². The first-order chi connectivity index (χ1) is 14.5. The lowest BCUT2D eigenvalue weighted by Gasteiger charge is -2.13. The summed E-state index contributed by atoms with van der Waals surface area (Å²) in [6.07, 6.45) is -2.10. The number of primary sulfonamides is 1. The molecule has 0 fully saturated rings. The number of ether oxygens (including phenoxy) is 1. The highest BCUT2D eigenvalue weighted by Gasteiger charge is 2.41. The van der Waals surface area contributed by atoms with Crippen molar-refractivity contribution in [1.29, 1.82) is 0 Å². The molecule has 31 heavy (non-hydrogen) atoms. The van der Waals surface area contributed by atoms with Crippen LogP contribution in [0.2, 0.25) is 0 Å². The number of nitrogens with zero attached hydrogens (tertiary/aromatic N) is 3. The lowest BCUT2D eigenvalue weighted by molar-refractivity contribution is -0.149. The first-order valence-electron chi connectivity index (χ1n) is 8.89. The maximum atomic E-state index is 14.1. The average Bonchev–Trinajstić information content (AvgIpc) is 3.07. The van der Waals surface area contributed by atoms with Gasteiger partial charge in [-0.25, -0.2) is 18.2 Å². The monoisotopic (exact) mass is 454 g/mol. The quantitative estimate of drug-likeness (QED) is 0.573. The van der Waals surface area contributed by atoms with Crippen LogP contribution in [0.1, 0.15) is 12.6 Å². The number of pyridine rings is 1. The molecular formula is C19H17F3N4O4S. The molecule has 0 unspecified atom stereocenters. The zero-order valence-corrected chi connectivity index (χ0v) is 16.9. The zero-order valence-electron chi connectivity index (χ0n) is 16.1. The van der Waals surface area contributed by atoms with Gasteiger partial charge in [0.05, 0.1) is 11.5 Å². The second kappa shape index (κ2) is 8.47. The standard InChI is InChI=1S/C19H17F3N4O4S/c1-2-30-15(27)11-26-18(19(20,21)22)16(17(25-26)13-7-9-24-10-8-13)12-3-5-14(6-4-12)31(23,28)29/h3-10H,2,11H2,1H3,(H2,23,28,29). The van der Waals surface area contributed by atoms with Gasteiger partial charge in [-0.1, -0.05) is 12.1 Å². The SMILES string of the molecule is CCOC(=O)Cn1nc(-c2ccncc2)c(-c2ccc(S(N)(=O)=O)cc2)c1C(F)(F)F. The molecule has 2 N–H and O–H groups in total. The molecule has 12 heteroatoms. The third-order valence-electron chi connectivity index (χ3n) is 4.23. The molecule has 0 radical (unpaired) electrons. The number of hydrogen-bond acceptors (Lipinski definition) is 6. The van der Waals surface area contributed by atoms with E-state index < -0.39 is 34.4 Å². The number of hydrogen-bond donors (Lipinski definition) is 1. The molecule has 0 spiro atoms. The Morgan fingerprint density at radius 3 is 2.23 bits per heavy atom. The van der Waals surface area contributed by atoms with E-state index >= 15 is 0 Å². The minimum atomic E-state index is -4.88. The Morgan fingerprint density at radius 2 is 1.71 bits per heavy atom. The molecule has 0 bridgehead atoms. The van der Waals surface area contributed by atoms with Crippen molar-refractivity contribution >= 4 is 16.0 Å². The van der Waals surface area contributed by atoms with E-state index in [2.05, 4.69) is 10.1 Å². The van der Waals surface area contributed by atoms with Gasteiger partial charge >= 0.3 is 12.1 Å². The number of sulfonamides is 1. The predicted molar refractivity (Wildman–Crippen MR) is 104 cm³/mol. The fraction of sp³-hybridized carbons (Fsp3) is 0.211. The molecule has 2 aromatic heterocycles. The lowest BCUT2D eigenvalue weighted by Crippen LogP contribution is -2.21. The fourth-order valence-electron chi connectivity index (χ4n) is 2.99. The molecule has 0 saturated carbocycles. The minimum absolute atomic E-state index is 0.000542. The van der Waals surface area contributed by atoms with Crippen molar-refractivity contribution in [3.63, 3.8) is 0 Å². The largest absolute Gasteiger partial charge is 0.465 e. The number of carbonyl (C=O) groups is 1. The van der Waals surface area contributed by atoms with Gasteiger partial charge in [0, 0.05) is 23.5 Å². The number of esters is 1. The van der Waals surface area contributed by atoms with Gasteiger partial charge in [-0.3, -0.25) is 9.78 Å². The van der Waals surface area contributed by atoms with E-state index in [0.29, 0.717) is 10.2 Å². The van der Waals surface area contributed by atoms with Crippen LogP contribution in [-0.4, -0.2) is 35.8 Å². The van der Waals surface area contributed by atoms with Crippen LogP contribution < -0.4 is 5.14 Å². The number of alkyl halides is 3. The molecule has 0 atom stereocenters. The number of aromatic nitrogens is 3. The van der Waals surface area contributed by atoms with Gasteiger partial charge < -0.3 is 4.74 Å². The Balaban J connectivity index is 2.28. The third-order valence-corrected chi connectivity index (χ3v) is 5.16. The van der Waals surface area contributed by atoms with Gasteiger partial charge in [0.2, 0.25) is 10.0 Å². The van der Waals surface area contributed by atoms with E-state index in [1.807, 2.05) is 0 Å². The molecule has 0 aliphatic rings. The fourth-order valence-corrected chi connectivity index (χ4v) is 3.51. The Labute approximate surface area is 175 Å². The second-order valence-electron chi connectivity index (χ2n) is 6.34. The Hall–Kier alpha value is -3.25. The maximum Gasteiger partial charge on any atom is 0.433 e. The second-order valence-corrected chi connectivity index (χ2v) is 7.90.